The van der Waals surface area contributed by atoms with E-state index in [-0.39, 0.29) is 15.6 Å². The van der Waals surface area contributed by atoms with Gasteiger partial charge in [-0.1, -0.05) is 22.0 Å². The first kappa shape index (κ1) is 13.0. The van der Waals surface area contributed by atoms with Crippen LogP contribution in [-0.2, 0) is 11.3 Å². The standard InChI is InChI=1S/C9H6BrF3O3/c10-7-3-5(8(14)15)1-2-6(7)4-16-9(11,12)13/h1-3H,4H2,(H,14,15). The molecule has 3 nitrogen and oxygen atoms in total. The lowest BCUT2D eigenvalue weighted by Gasteiger charge is -2.09. The van der Waals surface area contributed by atoms with E-state index in [1.165, 1.54) is 18.2 Å². The van der Waals surface area contributed by atoms with Gasteiger partial charge in [0.15, 0.2) is 0 Å². The maximum absolute atomic E-state index is 11.7. The first-order valence-corrected chi connectivity index (χ1v) is 4.81. The van der Waals surface area contributed by atoms with E-state index in [1.54, 1.807) is 0 Å². The Bertz CT molecular complexity index is 403. The SMILES string of the molecule is O=C(O)c1ccc(COC(F)(F)F)c(Br)c1. The molecule has 0 spiro atoms. The molecular formula is C9H6BrF3O3. The summed E-state index contributed by atoms with van der Waals surface area (Å²) in [7, 11) is 0. The normalized spacial score (nSPS) is 11.5. The highest BCUT2D eigenvalue weighted by Gasteiger charge is 2.29. The monoisotopic (exact) mass is 298 g/mol. The van der Waals surface area contributed by atoms with Crippen molar-refractivity contribution >= 4 is 21.9 Å². The molecule has 0 fully saturated rings. The zero-order valence-electron chi connectivity index (χ0n) is 7.71. The Labute approximate surface area is 97.0 Å². The fourth-order valence-electron chi connectivity index (χ4n) is 0.957. The number of benzene rings is 1. The zero-order chi connectivity index (χ0) is 12.3. The number of hydrogen-bond acceptors (Lipinski definition) is 2. The third kappa shape index (κ3) is 3.82. The predicted octanol–water partition coefficient (Wildman–Crippen LogP) is 3.18. The van der Waals surface area contributed by atoms with E-state index in [2.05, 4.69) is 20.7 Å². The van der Waals surface area contributed by atoms with Crippen LogP contribution in [0.3, 0.4) is 0 Å². The summed E-state index contributed by atoms with van der Waals surface area (Å²) in [5.74, 6) is -1.15. The predicted molar refractivity (Wildman–Crippen MR) is 51.9 cm³/mol. The molecule has 16 heavy (non-hydrogen) atoms. The van der Waals surface area contributed by atoms with Crippen LogP contribution in [-0.4, -0.2) is 17.4 Å². The van der Waals surface area contributed by atoms with Gasteiger partial charge in [0.25, 0.3) is 0 Å². The molecule has 0 aliphatic heterocycles. The number of carboxylic acid groups (broad SMARTS) is 1. The summed E-state index contributed by atoms with van der Waals surface area (Å²) >= 11 is 2.97. The highest BCUT2D eigenvalue weighted by molar-refractivity contribution is 9.10. The molecule has 0 saturated heterocycles. The van der Waals surface area contributed by atoms with E-state index in [9.17, 15) is 18.0 Å². The molecule has 0 bridgehead atoms. The van der Waals surface area contributed by atoms with Gasteiger partial charge < -0.3 is 5.11 Å². The molecule has 7 heteroatoms. The van der Waals surface area contributed by atoms with E-state index in [0.717, 1.165) is 0 Å². The first-order valence-electron chi connectivity index (χ1n) is 4.02. The summed E-state index contributed by atoms with van der Waals surface area (Å²) < 4.78 is 39.1. The van der Waals surface area contributed by atoms with Gasteiger partial charge in [0.1, 0.15) is 0 Å². The van der Waals surface area contributed by atoms with Crippen molar-refractivity contribution in [2.75, 3.05) is 0 Å². The van der Waals surface area contributed by atoms with E-state index in [4.69, 9.17) is 5.11 Å². The zero-order valence-corrected chi connectivity index (χ0v) is 9.30. The number of carboxylic acids is 1. The minimum atomic E-state index is -4.70. The van der Waals surface area contributed by atoms with Crippen LogP contribution in [0, 0.1) is 0 Å². The molecule has 0 aliphatic rings. The summed E-state index contributed by atoms with van der Waals surface area (Å²) in [5, 5.41) is 8.63. The van der Waals surface area contributed by atoms with Crippen LogP contribution >= 0.6 is 15.9 Å². The molecule has 0 aliphatic carbocycles. The van der Waals surface area contributed by atoms with Gasteiger partial charge >= 0.3 is 12.3 Å². The van der Waals surface area contributed by atoms with Crippen LogP contribution < -0.4 is 0 Å². The van der Waals surface area contributed by atoms with Crippen molar-refractivity contribution in [2.24, 2.45) is 0 Å². The highest BCUT2D eigenvalue weighted by Crippen LogP contribution is 2.24. The van der Waals surface area contributed by atoms with Crippen LogP contribution in [0.4, 0.5) is 13.2 Å². The molecule has 0 unspecified atom stereocenters. The van der Waals surface area contributed by atoms with Crippen molar-refractivity contribution in [1.82, 2.24) is 0 Å². The molecule has 1 aromatic carbocycles. The van der Waals surface area contributed by atoms with Crippen molar-refractivity contribution in [3.63, 3.8) is 0 Å². The maximum atomic E-state index is 11.7. The maximum Gasteiger partial charge on any atom is 0.522 e. The van der Waals surface area contributed by atoms with Gasteiger partial charge in [-0.05, 0) is 17.7 Å². The summed E-state index contributed by atoms with van der Waals surface area (Å²) in [4.78, 5) is 10.5. The van der Waals surface area contributed by atoms with Crippen molar-refractivity contribution in [3.05, 3.63) is 33.8 Å². The molecule has 0 aromatic heterocycles. The van der Waals surface area contributed by atoms with Crippen molar-refractivity contribution < 1.29 is 27.8 Å². The van der Waals surface area contributed by atoms with E-state index in [0.29, 0.717) is 0 Å². The number of hydrogen-bond donors (Lipinski definition) is 1. The van der Waals surface area contributed by atoms with Crippen LogP contribution in [0.25, 0.3) is 0 Å². The minimum Gasteiger partial charge on any atom is -0.478 e. The number of aromatic carboxylic acids is 1. The summed E-state index contributed by atoms with van der Waals surface area (Å²) in [5.41, 5.74) is 0.213. The Kier molecular flexibility index (Phi) is 3.93. The summed E-state index contributed by atoms with van der Waals surface area (Å²) in [6.45, 7) is -0.663. The lowest BCUT2D eigenvalue weighted by Crippen LogP contribution is -2.13. The van der Waals surface area contributed by atoms with E-state index < -0.39 is 18.9 Å². The number of rotatable bonds is 3. The first-order chi connectivity index (χ1) is 7.29. The molecule has 0 saturated carbocycles. The topological polar surface area (TPSA) is 46.5 Å². The number of carbonyl (C=O) groups is 1. The number of ether oxygens (including phenoxy) is 1. The second-order valence-corrected chi connectivity index (χ2v) is 3.70. The highest BCUT2D eigenvalue weighted by atomic mass is 79.9. The molecule has 0 radical (unpaired) electrons. The lowest BCUT2D eigenvalue weighted by molar-refractivity contribution is -0.330. The Morgan fingerprint density at radius 2 is 2.06 bits per heavy atom. The Morgan fingerprint density at radius 3 is 2.50 bits per heavy atom. The second kappa shape index (κ2) is 4.84. The number of halogens is 4. The van der Waals surface area contributed by atoms with Gasteiger partial charge in [-0.25, -0.2) is 4.79 Å². The second-order valence-electron chi connectivity index (χ2n) is 2.85. The van der Waals surface area contributed by atoms with Crippen molar-refractivity contribution in [3.8, 4) is 0 Å². The van der Waals surface area contributed by atoms with Crippen LogP contribution in [0.1, 0.15) is 15.9 Å². The van der Waals surface area contributed by atoms with E-state index in [1.807, 2.05) is 0 Å². The van der Waals surface area contributed by atoms with Gasteiger partial charge in [-0.3, -0.25) is 4.74 Å². The molecule has 0 amide bonds. The molecule has 1 aromatic rings. The average Bonchev–Trinajstić information content (AvgIpc) is 2.14. The summed E-state index contributed by atoms with van der Waals surface area (Å²) in [6, 6.07) is 3.69. The Hall–Kier alpha value is -1.08. The Balaban J connectivity index is 2.80. The third-order valence-corrected chi connectivity index (χ3v) is 2.43. The van der Waals surface area contributed by atoms with Gasteiger partial charge in [0, 0.05) is 4.47 Å². The smallest absolute Gasteiger partial charge is 0.478 e. The lowest BCUT2D eigenvalue weighted by atomic mass is 10.1. The summed E-state index contributed by atoms with van der Waals surface area (Å²) in [6.07, 6.45) is -4.70. The molecule has 0 heterocycles. The van der Waals surface area contributed by atoms with Gasteiger partial charge in [0.2, 0.25) is 0 Å². The van der Waals surface area contributed by atoms with Gasteiger partial charge in [-0.15, -0.1) is 13.2 Å². The molecule has 1 rings (SSSR count). The van der Waals surface area contributed by atoms with Crippen LogP contribution in [0.15, 0.2) is 22.7 Å². The van der Waals surface area contributed by atoms with Gasteiger partial charge in [0.05, 0.1) is 12.2 Å². The quantitative estimate of drug-likeness (QED) is 0.932. The minimum absolute atomic E-state index is 0.0115. The van der Waals surface area contributed by atoms with Crippen LogP contribution in [0.2, 0.25) is 0 Å². The Morgan fingerprint density at radius 1 is 1.44 bits per heavy atom. The van der Waals surface area contributed by atoms with Crippen molar-refractivity contribution in [1.29, 1.82) is 0 Å². The number of alkyl halides is 3. The van der Waals surface area contributed by atoms with Crippen molar-refractivity contribution in [2.45, 2.75) is 13.0 Å². The molecule has 1 N–H and O–H groups in total. The third-order valence-electron chi connectivity index (χ3n) is 1.69. The molecule has 0 atom stereocenters. The van der Waals surface area contributed by atoms with Gasteiger partial charge in [-0.2, -0.15) is 0 Å². The van der Waals surface area contributed by atoms with E-state index >= 15 is 0 Å². The fourth-order valence-corrected chi connectivity index (χ4v) is 1.45. The average molecular weight is 299 g/mol. The molecule has 88 valence electrons. The molecular weight excluding hydrogens is 293 g/mol. The van der Waals surface area contributed by atoms with Crippen LogP contribution in [0.5, 0.6) is 0 Å². The fraction of sp³-hybridized carbons (Fsp3) is 0.222. The largest absolute Gasteiger partial charge is 0.522 e.